The van der Waals surface area contributed by atoms with E-state index in [9.17, 15) is 4.79 Å². The lowest BCUT2D eigenvalue weighted by molar-refractivity contribution is 0.0642. The molecule has 1 N–H and O–H groups in total. The number of aromatic nitrogens is 2. The monoisotopic (exact) mass is 336 g/mol. The molecule has 1 saturated heterocycles. The third kappa shape index (κ3) is 4.11. The molecule has 1 aromatic carbocycles. The van der Waals surface area contributed by atoms with Crippen molar-refractivity contribution in [3.8, 4) is 6.07 Å². The Morgan fingerprint density at radius 2 is 1.96 bits per heavy atom. The van der Waals surface area contributed by atoms with Crippen LogP contribution in [0.15, 0.2) is 36.7 Å². The number of nitrogens with zero attached hydrogens (tertiary/aromatic N) is 5. The highest BCUT2D eigenvalue weighted by molar-refractivity contribution is 5.93. The van der Waals surface area contributed by atoms with Crippen LogP contribution < -0.4 is 5.32 Å². The van der Waals surface area contributed by atoms with Crippen molar-refractivity contribution >= 4 is 17.5 Å². The second kappa shape index (κ2) is 7.73. The highest BCUT2D eigenvalue weighted by Gasteiger charge is 2.21. The summed E-state index contributed by atoms with van der Waals surface area (Å²) in [6, 6.07) is 9.15. The molecule has 3 rings (SSSR count). The number of nitrogens with one attached hydrogen (secondary N) is 1. The molecule has 1 fully saturated rings. The van der Waals surface area contributed by atoms with Gasteiger partial charge in [0.2, 0.25) is 5.95 Å². The number of piperazine rings is 1. The van der Waals surface area contributed by atoms with Gasteiger partial charge in [0, 0.05) is 44.3 Å². The maximum Gasteiger partial charge on any atom is 0.257 e. The zero-order valence-corrected chi connectivity index (χ0v) is 14.1. The third-order valence-corrected chi connectivity index (χ3v) is 4.25. The normalized spacial score (nSPS) is 14.8. The van der Waals surface area contributed by atoms with Gasteiger partial charge >= 0.3 is 0 Å². The van der Waals surface area contributed by atoms with Gasteiger partial charge < -0.3 is 15.1 Å². The molecule has 0 atom stereocenters. The Labute approximate surface area is 146 Å². The van der Waals surface area contributed by atoms with Crippen LogP contribution in [0.2, 0.25) is 0 Å². The van der Waals surface area contributed by atoms with Gasteiger partial charge in [0.25, 0.3) is 5.91 Å². The van der Waals surface area contributed by atoms with E-state index in [0.29, 0.717) is 17.1 Å². The first kappa shape index (κ1) is 16.9. The Kier molecular flexibility index (Phi) is 5.21. The number of hydrogen-bond donors (Lipinski definition) is 1. The maximum atomic E-state index is 12.5. The van der Waals surface area contributed by atoms with Gasteiger partial charge in [0.15, 0.2) is 0 Å². The van der Waals surface area contributed by atoms with Crippen LogP contribution in [0.3, 0.4) is 0 Å². The molecule has 0 aliphatic carbocycles. The molecule has 1 aliphatic rings. The van der Waals surface area contributed by atoms with E-state index >= 15 is 0 Å². The van der Waals surface area contributed by atoms with Gasteiger partial charge in [0.1, 0.15) is 0 Å². The molecular formula is C18H20N6O. The van der Waals surface area contributed by atoms with Crippen LogP contribution in [0.5, 0.6) is 0 Å². The molecule has 0 bridgehead atoms. The van der Waals surface area contributed by atoms with Crippen molar-refractivity contribution in [3.63, 3.8) is 0 Å². The molecule has 0 spiro atoms. The van der Waals surface area contributed by atoms with Gasteiger partial charge in [-0.05, 0) is 24.7 Å². The summed E-state index contributed by atoms with van der Waals surface area (Å²) < 4.78 is 0. The number of likely N-dealkylation sites (N-methyl/N-ethyl adjacent to an activating group) is 1. The first-order valence-electron chi connectivity index (χ1n) is 8.30. The first-order valence-corrected chi connectivity index (χ1v) is 8.30. The highest BCUT2D eigenvalue weighted by Crippen LogP contribution is 2.15. The van der Waals surface area contributed by atoms with Crippen molar-refractivity contribution in [1.29, 1.82) is 5.26 Å². The molecule has 7 nitrogen and oxygen atoms in total. The topological polar surface area (TPSA) is 85.1 Å². The van der Waals surface area contributed by atoms with Crippen LogP contribution in [0.4, 0.5) is 11.6 Å². The maximum absolute atomic E-state index is 12.5. The lowest BCUT2D eigenvalue weighted by Gasteiger charge is -2.33. The number of rotatable bonds is 4. The smallest absolute Gasteiger partial charge is 0.257 e. The number of carbonyl (C=O) groups is 1. The fraction of sp³-hybridized carbons (Fsp3) is 0.333. The van der Waals surface area contributed by atoms with Crippen molar-refractivity contribution in [2.75, 3.05) is 38.0 Å². The Morgan fingerprint density at radius 3 is 2.60 bits per heavy atom. The minimum atomic E-state index is -0.0335. The third-order valence-electron chi connectivity index (χ3n) is 4.25. The van der Waals surface area contributed by atoms with E-state index in [1.54, 1.807) is 18.2 Å². The van der Waals surface area contributed by atoms with Gasteiger partial charge in [-0.3, -0.25) is 4.79 Å². The molecular weight excluding hydrogens is 316 g/mol. The summed E-state index contributed by atoms with van der Waals surface area (Å²) in [6.07, 6.45) is 3.08. The Bertz CT molecular complexity index is 775. The van der Waals surface area contributed by atoms with Crippen LogP contribution in [-0.4, -0.2) is 58.4 Å². The predicted molar refractivity (Wildman–Crippen MR) is 94.5 cm³/mol. The molecule has 1 aliphatic heterocycles. The first-order chi connectivity index (χ1) is 12.2. The zero-order valence-electron chi connectivity index (χ0n) is 14.1. The number of nitriles is 1. The molecule has 7 heteroatoms. The number of benzene rings is 1. The largest absolute Gasteiger partial charge is 0.336 e. The molecule has 2 aromatic rings. The summed E-state index contributed by atoms with van der Waals surface area (Å²) in [6.45, 7) is 6.40. The molecule has 25 heavy (non-hydrogen) atoms. The summed E-state index contributed by atoms with van der Waals surface area (Å²) in [5, 5.41) is 12.0. The van der Waals surface area contributed by atoms with E-state index < -0.39 is 0 Å². The van der Waals surface area contributed by atoms with E-state index in [-0.39, 0.29) is 5.91 Å². The van der Waals surface area contributed by atoms with Gasteiger partial charge in [-0.25, -0.2) is 9.97 Å². The number of anilines is 2. The Hall–Kier alpha value is -2.98. The van der Waals surface area contributed by atoms with Gasteiger partial charge in [-0.15, -0.1) is 0 Å². The lowest BCUT2D eigenvalue weighted by Crippen LogP contribution is -2.48. The van der Waals surface area contributed by atoms with Gasteiger partial charge in [-0.2, -0.15) is 5.26 Å². The van der Waals surface area contributed by atoms with Crippen molar-refractivity contribution < 1.29 is 4.79 Å². The van der Waals surface area contributed by atoms with Gasteiger partial charge in [0.05, 0.1) is 17.2 Å². The second-order valence-corrected chi connectivity index (χ2v) is 5.84. The van der Waals surface area contributed by atoms with Crippen molar-refractivity contribution in [1.82, 2.24) is 19.8 Å². The van der Waals surface area contributed by atoms with E-state index in [1.807, 2.05) is 11.0 Å². The summed E-state index contributed by atoms with van der Waals surface area (Å²) in [5.74, 6) is 0.358. The lowest BCUT2D eigenvalue weighted by atomic mass is 10.2. The van der Waals surface area contributed by atoms with E-state index in [2.05, 4.69) is 33.2 Å². The molecule has 0 unspecified atom stereocenters. The van der Waals surface area contributed by atoms with Crippen molar-refractivity contribution in [2.24, 2.45) is 0 Å². The van der Waals surface area contributed by atoms with Crippen LogP contribution >= 0.6 is 0 Å². The van der Waals surface area contributed by atoms with Crippen molar-refractivity contribution in [3.05, 3.63) is 47.8 Å². The Balaban J connectivity index is 1.64. The molecule has 128 valence electrons. The number of hydrogen-bond acceptors (Lipinski definition) is 6. The minimum absolute atomic E-state index is 0.0335. The standard InChI is InChI=1S/C18H20N6O/c1-2-23-6-8-24(9-7-23)17(25)15-12-20-18(21-13-15)22-16-5-3-4-14(10-16)11-19/h3-5,10,12-13H,2,6-9H2,1H3,(H,20,21,22). The molecule has 0 radical (unpaired) electrons. The number of carbonyl (C=O) groups excluding carboxylic acids is 1. The Morgan fingerprint density at radius 1 is 1.24 bits per heavy atom. The molecule has 1 aromatic heterocycles. The average molecular weight is 336 g/mol. The van der Waals surface area contributed by atoms with Crippen LogP contribution in [-0.2, 0) is 0 Å². The highest BCUT2D eigenvalue weighted by atomic mass is 16.2. The van der Waals surface area contributed by atoms with E-state index in [1.165, 1.54) is 12.4 Å². The van der Waals surface area contributed by atoms with Crippen LogP contribution in [0.25, 0.3) is 0 Å². The summed E-state index contributed by atoms with van der Waals surface area (Å²) in [7, 11) is 0. The second-order valence-electron chi connectivity index (χ2n) is 5.84. The van der Waals surface area contributed by atoms with Crippen molar-refractivity contribution in [2.45, 2.75) is 6.92 Å². The van der Waals surface area contributed by atoms with Gasteiger partial charge in [-0.1, -0.05) is 13.0 Å². The predicted octanol–water partition coefficient (Wildman–Crippen LogP) is 1.87. The fourth-order valence-corrected chi connectivity index (χ4v) is 2.75. The fourth-order valence-electron chi connectivity index (χ4n) is 2.75. The summed E-state index contributed by atoms with van der Waals surface area (Å²) >= 11 is 0. The average Bonchev–Trinajstić information content (AvgIpc) is 2.68. The summed E-state index contributed by atoms with van der Waals surface area (Å²) in [5.41, 5.74) is 1.78. The van der Waals surface area contributed by atoms with Crippen LogP contribution in [0, 0.1) is 11.3 Å². The van der Waals surface area contributed by atoms with Crippen LogP contribution in [0.1, 0.15) is 22.8 Å². The van der Waals surface area contributed by atoms with E-state index in [0.717, 1.165) is 38.4 Å². The molecule has 0 saturated carbocycles. The molecule has 2 heterocycles. The van der Waals surface area contributed by atoms with E-state index in [4.69, 9.17) is 5.26 Å². The number of amides is 1. The minimum Gasteiger partial charge on any atom is -0.336 e. The SMILES string of the molecule is CCN1CCN(C(=O)c2cnc(Nc3cccc(C#N)c3)nc2)CC1. The quantitative estimate of drug-likeness (QED) is 0.917. The molecule has 1 amide bonds. The zero-order chi connectivity index (χ0) is 17.6. The summed E-state index contributed by atoms with van der Waals surface area (Å²) in [4.78, 5) is 25.1.